The molecule has 0 saturated heterocycles. The topological polar surface area (TPSA) is 73.8 Å². The van der Waals surface area contributed by atoms with Crippen molar-refractivity contribution in [3.63, 3.8) is 0 Å². The monoisotopic (exact) mass is 226 g/mol. The zero-order chi connectivity index (χ0) is 10.8. The molecular formula is C8H7ClN4O2. The zero-order valence-corrected chi connectivity index (χ0v) is 8.60. The molecule has 0 aliphatic rings. The van der Waals surface area contributed by atoms with E-state index >= 15 is 0 Å². The van der Waals surface area contributed by atoms with Crippen LogP contribution in [0.4, 0.5) is 0 Å². The van der Waals surface area contributed by atoms with E-state index in [1.165, 1.54) is 17.0 Å². The van der Waals surface area contributed by atoms with Crippen LogP contribution < -0.4 is 5.56 Å². The molecule has 0 atom stereocenters. The van der Waals surface area contributed by atoms with Crippen LogP contribution in [0.25, 0.3) is 0 Å². The van der Waals surface area contributed by atoms with E-state index in [1.54, 1.807) is 6.92 Å². The van der Waals surface area contributed by atoms with Crippen LogP contribution in [0.15, 0.2) is 21.7 Å². The van der Waals surface area contributed by atoms with Gasteiger partial charge in [-0.15, -0.1) is 0 Å². The predicted octanol–water partition coefficient (Wildman–Crippen LogP) is 0.636. The van der Waals surface area contributed by atoms with E-state index in [2.05, 4.69) is 15.1 Å². The molecule has 0 aromatic carbocycles. The lowest BCUT2D eigenvalue weighted by atomic mass is 10.5. The normalized spacial score (nSPS) is 10.5. The van der Waals surface area contributed by atoms with Crippen molar-refractivity contribution < 1.29 is 4.52 Å². The highest BCUT2D eigenvalue weighted by Crippen LogP contribution is 1.98. The molecule has 2 aromatic heterocycles. The number of aryl methyl sites for hydroxylation is 1. The lowest BCUT2D eigenvalue weighted by Crippen LogP contribution is -2.21. The Bertz CT molecular complexity index is 533. The highest BCUT2D eigenvalue weighted by atomic mass is 35.5. The summed E-state index contributed by atoms with van der Waals surface area (Å²) in [7, 11) is 0. The van der Waals surface area contributed by atoms with Crippen molar-refractivity contribution >= 4 is 11.6 Å². The molecule has 0 spiro atoms. The highest BCUT2D eigenvalue weighted by molar-refractivity contribution is 6.29. The van der Waals surface area contributed by atoms with Gasteiger partial charge in [0.25, 0.3) is 5.56 Å². The molecule has 6 nitrogen and oxygen atoms in total. The molecule has 0 saturated carbocycles. The van der Waals surface area contributed by atoms with E-state index in [4.69, 9.17) is 16.1 Å². The Balaban J connectivity index is 2.32. The Kier molecular flexibility index (Phi) is 2.51. The molecule has 0 bridgehead atoms. The summed E-state index contributed by atoms with van der Waals surface area (Å²) in [6, 6.07) is 0. The van der Waals surface area contributed by atoms with E-state index in [1.807, 2.05) is 0 Å². The van der Waals surface area contributed by atoms with Crippen LogP contribution in [0, 0.1) is 6.92 Å². The van der Waals surface area contributed by atoms with Crippen LogP contribution in [-0.2, 0) is 6.54 Å². The van der Waals surface area contributed by atoms with E-state index < -0.39 is 0 Å². The first-order valence-electron chi connectivity index (χ1n) is 4.17. The maximum absolute atomic E-state index is 11.5. The average Bonchev–Trinajstić information content (AvgIpc) is 2.59. The van der Waals surface area contributed by atoms with E-state index in [9.17, 15) is 4.79 Å². The smallest absolute Gasteiger partial charge is 0.288 e. The van der Waals surface area contributed by atoms with E-state index in [0.717, 1.165) is 0 Å². The third-order valence-corrected chi connectivity index (χ3v) is 2.01. The molecule has 7 heteroatoms. The van der Waals surface area contributed by atoms with E-state index in [-0.39, 0.29) is 17.3 Å². The molecule has 0 aliphatic carbocycles. The van der Waals surface area contributed by atoms with Gasteiger partial charge in [-0.25, -0.2) is 4.98 Å². The van der Waals surface area contributed by atoms with Gasteiger partial charge >= 0.3 is 0 Å². The molecule has 0 fully saturated rings. The second-order valence-corrected chi connectivity index (χ2v) is 3.24. The van der Waals surface area contributed by atoms with Crippen LogP contribution in [0.3, 0.4) is 0 Å². The maximum Gasteiger partial charge on any atom is 0.288 e. The molecule has 0 aliphatic heterocycles. The summed E-state index contributed by atoms with van der Waals surface area (Å²) < 4.78 is 6.14. The summed E-state index contributed by atoms with van der Waals surface area (Å²) in [6.45, 7) is 1.90. The SMILES string of the molecule is Cc1nc(Cn2ccnc(Cl)c2=O)no1. The first-order chi connectivity index (χ1) is 7.16. The summed E-state index contributed by atoms with van der Waals surface area (Å²) >= 11 is 5.58. The van der Waals surface area contributed by atoms with E-state index in [0.29, 0.717) is 11.7 Å². The lowest BCUT2D eigenvalue weighted by molar-refractivity contribution is 0.386. The highest BCUT2D eigenvalue weighted by Gasteiger charge is 2.06. The van der Waals surface area contributed by atoms with Crippen LogP contribution in [0.1, 0.15) is 11.7 Å². The van der Waals surface area contributed by atoms with Crippen LogP contribution >= 0.6 is 11.6 Å². The Hall–Kier alpha value is -1.69. The molecule has 0 N–H and O–H groups in total. The molecule has 0 unspecified atom stereocenters. The van der Waals surface area contributed by atoms with Gasteiger partial charge in [0.15, 0.2) is 11.0 Å². The predicted molar refractivity (Wildman–Crippen MR) is 51.6 cm³/mol. The largest absolute Gasteiger partial charge is 0.340 e. The number of hydrogen-bond donors (Lipinski definition) is 0. The number of halogens is 1. The maximum atomic E-state index is 11.5. The molecule has 78 valence electrons. The van der Waals surface area contributed by atoms with Gasteiger partial charge in [-0.2, -0.15) is 4.98 Å². The summed E-state index contributed by atoms with van der Waals surface area (Å²) in [5, 5.41) is 3.60. The van der Waals surface area contributed by atoms with Crippen LogP contribution in [0.5, 0.6) is 0 Å². The molecular weight excluding hydrogens is 220 g/mol. The molecule has 0 radical (unpaired) electrons. The Labute approximate surface area is 89.5 Å². The number of rotatable bonds is 2. The average molecular weight is 227 g/mol. The summed E-state index contributed by atoms with van der Waals surface area (Å²) in [5.41, 5.74) is -0.374. The Morgan fingerprint density at radius 3 is 3.07 bits per heavy atom. The third-order valence-electron chi connectivity index (χ3n) is 1.75. The Morgan fingerprint density at radius 1 is 1.60 bits per heavy atom. The van der Waals surface area contributed by atoms with Crippen molar-refractivity contribution in [2.24, 2.45) is 0 Å². The fourth-order valence-electron chi connectivity index (χ4n) is 1.10. The van der Waals surface area contributed by atoms with Gasteiger partial charge in [-0.3, -0.25) is 4.79 Å². The van der Waals surface area contributed by atoms with Gasteiger partial charge in [-0.1, -0.05) is 16.8 Å². The third kappa shape index (κ3) is 2.04. The minimum absolute atomic E-state index is 0.0716. The van der Waals surface area contributed by atoms with Gasteiger partial charge in [0.1, 0.15) is 0 Å². The van der Waals surface area contributed by atoms with Gasteiger partial charge in [0, 0.05) is 19.3 Å². The molecule has 2 heterocycles. The minimum atomic E-state index is -0.374. The summed E-state index contributed by atoms with van der Waals surface area (Å²) in [4.78, 5) is 19.1. The van der Waals surface area contributed by atoms with Gasteiger partial charge in [-0.05, 0) is 0 Å². The molecule has 2 aromatic rings. The second kappa shape index (κ2) is 3.82. The number of aromatic nitrogens is 4. The summed E-state index contributed by atoms with van der Waals surface area (Å²) in [5.74, 6) is 0.884. The Morgan fingerprint density at radius 2 is 2.40 bits per heavy atom. The fraction of sp³-hybridized carbons (Fsp3) is 0.250. The van der Waals surface area contributed by atoms with Crippen molar-refractivity contribution in [1.82, 2.24) is 19.7 Å². The quantitative estimate of drug-likeness (QED) is 0.751. The van der Waals surface area contributed by atoms with Crippen LogP contribution in [-0.4, -0.2) is 19.7 Å². The number of hydrogen-bond acceptors (Lipinski definition) is 5. The van der Waals surface area contributed by atoms with Crippen molar-refractivity contribution in [3.05, 3.63) is 39.6 Å². The summed E-state index contributed by atoms with van der Waals surface area (Å²) in [6.07, 6.45) is 2.95. The zero-order valence-electron chi connectivity index (χ0n) is 7.85. The molecule has 2 rings (SSSR count). The van der Waals surface area contributed by atoms with Crippen molar-refractivity contribution in [1.29, 1.82) is 0 Å². The van der Waals surface area contributed by atoms with Crippen molar-refractivity contribution in [3.8, 4) is 0 Å². The first-order valence-corrected chi connectivity index (χ1v) is 4.55. The minimum Gasteiger partial charge on any atom is -0.340 e. The van der Waals surface area contributed by atoms with Gasteiger partial charge < -0.3 is 9.09 Å². The van der Waals surface area contributed by atoms with Gasteiger partial charge in [0.05, 0.1) is 6.54 Å². The number of nitrogens with zero attached hydrogens (tertiary/aromatic N) is 4. The standard InChI is InChI=1S/C8H7ClN4O2/c1-5-11-6(12-15-5)4-13-3-2-10-7(9)8(13)14/h2-3H,4H2,1H3. The fourth-order valence-corrected chi connectivity index (χ4v) is 1.27. The lowest BCUT2D eigenvalue weighted by Gasteiger charge is -2.00. The second-order valence-electron chi connectivity index (χ2n) is 2.88. The van der Waals surface area contributed by atoms with Crippen molar-refractivity contribution in [2.75, 3.05) is 0 Å². The van der Waals surface area contributed by atoms with Gasteiger partial charge in [0.2, 0.25) is 5.89 Å². The molecule has 15 heavy (non-hydrogen) atoms. The molecule has 0 amide bonds. The van der Waals surface area contributed by atoms with Crippen molar-refractivity contribution in [2.45, 2.75) is 13.5 Å². The first kappa shape index (κ1) is 9.85. The van der Waals surface area contributed by atoms with Crippen LogP contribution in [0.2, 0.25) is 5.15 Å².